The average molecular weight is 620 g/mol. The monoisotopic (exact) mass is 619 g/mol. The zero-order valence-corrected chi connectivity index (χ0v) is 25.4. The van der Waals surface area contributed by atoms with Gasteiger partial charge in [0.25, 0.3) is 0 Å². The lowest BCUT2D eigenvalue weighted by Crippen LogP contribution is -2.25. The van der Waals surface area contributed by atoms with Crippen molar-refractivity contribution in [3.05, 3.63) is 161 Å². The predicted molar refractivity (Wildman–Crippen MR) is 185 cm³/mol. The van der Waals surface area contributed by atoms with Gasteiger partial charge in [-0.05, 0) is 47.5 Å². The fourth-order valence-electron chi connectivity index (χ4n) is 6.93. The lowest BCUT2D eigenvalue weighted by Gasteiger charge is -2.30. The number of benzene rings is 4. The van der Waals surface area contributed by atoms with Gasteiger partial charge >= 0.3 is 0 Å². The predicted octanol–water partition coefficient (Wildman–Crippen LogP) is 7.68. The van der Waals surface area contributed by atoms with Crippen LogP contribution in [0, 0.1) is 22.7 Å². The van der Waals surface area contributed by atoms with E-state index in [0.717, 1.165) is 33.2 Å². The zero-order valence-electron chi connectivity index (χ0n) is 25.4. The Morgan fingerprint density at radius 2 is 0.896 bits per heavy atom. The van der Waals surface area contributed by atoms with E-state index in [9.17, 15) is 10.5 Å². The Hall–Kier alpha value is -6.97. The molecular formula is C39H25N9. The summed E-state index contributed by atoms with van der Waals surface area (Å²) in [6, 6.07) is 45.6. The first-order valence-electron chi connectivity index (χ1n) is 15.6. The fourth-order valence-corrected chi connectivity index (χ4v) is 6.93. The Bertz CT molecular complexity index is 2370. The highest BCUT2D eigenvalue weighted by Gasteiger charge is 2.35. The number of hydrogen-bond donors (Lipinski definition) is 2. The molecule has 2 atom stereocenters. The average Bonchev–Trinajstić information content (AvgIpc) is 3.72. The lowest BCUT2D eigenvalue weighted by molar-refractivity contribution is 0.695. The number of anilines is 2. The zero-order chi connectivity index (χ0) is 32.2. The van der Waals surface area contributed by atoms with Crippen molar-refractivity contribution in [3.8, 4) is 12.1 Å². The summed E-state index contributed by atoms with van der Waals surface area (Å²) in [4.78, 5) is 14.9. The van der Waals surface area contributed by atoms with Crippen molar-refractivity contribution in [1.29, 1.82) is 10.5 Å². The van der Waals surface area contributed by atoms with E-state index >= 15 is 0 Å². The maximum Gasteiger partial charge on any atom is 0.209 e. The first-order chi connectivity index (χ1) is 23.7. The number of imidazole rings is 2. The summed E-state index contributed by atoms with van der Waals surface area (Å²) >= 11 is 0. The molecule has 226 valence electrons. The molecule has 9 heteroatoms. The van der Waals surface area contributed by atoms with Gasteiger partial charge in [-0.2, -0.15) is 10.5 Å². The molecule has 0 radical (unpaired) electrons. The van der Waals surface area contributed by atoms with Crippen LogP contribution in [0.1, 0.15) is 34.6 Å². The van der Waals surface area contributed by atoms with E-state index in [1.54, 1.807) is 0 Å². The van der Waals surface area contributed by atoms with Crippen LogP contribution in [0.4, 0.5) is 11.9 Å². The minimum Gasteiger partial charge on any atom is -0.323 e. The molecule has 0 fully saturated rings. The van der Waals surface area contributed by atoms with Crippen molar-refractivity contribution >= 4 is 45.4 Å². The van der Waals surface area contributed by atoms with E-state index in [-0.39, 0.29) is 0 Å². The van der Waals surface area contributed by atoms with Gasteiger partial charge < -0.3 is 10.6 Å². The van der Waals surface area contributed by atoms with Crippen molar-refractivity contribution in [2.45, 2.75) is 12.1 Å². The van der Waals surface area contributed by atoms with Crippen LogP contribution in [0.2, 0.25) is 0 Å². The van der Waals surface area contributed by atoms with Gasteiger partial charge in [0.15, 0.2) is 0 Å². The smallest absolute Gasteiger partial charge is 0.209 e. The van der Waals surface area contributed by atoms with E-state index in [4.69, 9.17) is 15.0 Å². The number of aromatic nitrogens is 5. The summed E-state index contributed by atoms with van der Waals surface area (Å²) < 4.78 is 4.15. The Morgan fingerprint density at radius 3 is 1.33 bits per heavy atom. The van der Waals surface area contributed by atoms with Gasteiger partial charge in [0.2, 0.25) is 11.9 Å². The summed E-state index contributed by atoms with van der Waals surface area (Å²) in [5.41, 5.74) is 8.69. The van der Waals surface area contributed by atoms with Gasteiger partial charge in [-0.1, -0.05) is 91.0 Å². The second-order valence-corrected chi connectivity index (χ2v) is 11.7. The molecule has 48 heavy (non-hydrogen) atoms. The largest absolute Gasteiger partial charge is 0.323 e. The topological polar surface area (TPSA) is 120 Å². The highest BCUT2D eigenvalue weighted by molar-refractivity contribution is 5.90. The Balaban J connectivity index is 1.23. The molecular weight excluding hydrogens is 594 g/mol. The van der Waals surface area contributed by atoms with Crippen LogP contribution in [0.5, 0.6) is 0 Å². The van der Waals surface area contributed by atoms with E-state index in [1.807, 2.05) is 127 Å². The van der Waals surface area contributed by atoms with E-state index in [0.29, 0.717) is 45.8 Å². The van der Waals surface area contributed by atoms with Crippen LogP contribution in [0.15, 0.2) is 139 Å². The van der Waals surface area contributed by atoms with Crippen LogP contribution in [0.3, 0.4) is 0 Å². The maximum absolute atomic E-state index is 10.7. The Labute approximate surface area is 275 Å². The molecule has 4 aromatic carbocycles. The number of pyridine rings is 1. The lowest BCUT2D eigenvalue weighted by atomic mass is 9.93. The first-order valence-corrected chi connectivity index (χ1v) is 15.6. The summed E-state index contributed by atoms with van der Waals surface area (Å²) in [6.45, 7) is 0. The molecule has 0 spiro atoms. The van der Waals surface area contributed by atoms with Crippen LogP contribution >= 0.6 is 0 Å². The SMILES string of the molecule is N#CC1=C(c2cccc(C3=C(C#N)C(c4ccccc4)n4c(nc5ccccc54)N3)n2)Nc2nc3ccccc3n2C1c1ccccc1. The van der Waals surface area contributed by atoms with E-state index in [1.165, 1.54) is 0 Å². The second kappa shape index (κ2) is 10.8. The van der Waals surface area contributed by atoms with Gasteiger partial charge in [0, 0.05) is 0 Å². The van der Waals surface area contributed by atoms with Crippen LogP contribution in [0.25, 0.3) is 33.5 Å². The minimum absolute atomic E-state index is 0.427. The fraction of sp³-hybridized carbons (Fsp3) is 0.0513. The molecule has 5 heterocycles. The summed E-state index contributed by atoms with van der Waals surface area (Å²) in [7, 11) is 0. The highest BCUT2D eigenvalue weighted by Crippen LogP contribution is 2.43. The third-order valence-corrected chi connectivity index (χ3v) is 9.00. The second-order valence-electron chi connectivity index (χ2n) is 11.7. The highest BCUT2D eigenvalue weighted by atomic mass is 15.3. The molecule has 2 aliphatic heterocycles. The molecule has 9 nitrogen and oxygen atoms in total. The molecule has 0 saturated carbocycles. The summed E-state index contributed by atoms with van der Waals surface area (Å²) in [5, 5.41) is 28.4. The van der Waals surface area contributed by atoms with Crippen molar-refractivity contribution in [1.82, 2.24) is 24.1 Å². The first kappa shape index (κ1) is 27.3. The van der Waals surface area contributed by atoms with E-state index < -0.39 is 12.1 Å². The number of hydrogen-bond acceptors (Lipinski definition) is 7. The molecule has 3 aromatic heterocycles. The number of rotatable bonds is 4. The quantitative estimate of drug-likeness (QED) is 0.207. The molecule has 0 amide bonds. The van der Waals surface area contributed by atoms with Gasteiger partial charge in [-0.25, -0.2) is 15.0 Å². The molecule has 9 rings (SSSR count). The Kier molecular flexibility index (Phi) is 6.17. The van der Waals surface area contributed by atoms with Crippen LogP contribution < -0.4 is 10.6 Å². The van der Waals surface area contributed by atoms with Crippen LogP contribution in [-0.2, 0) is 0 Å². The molecule has 0 saturated heterocycles. The summed E-state index contributed by atoms with van der Waals surface area (Å²) in [5.74, 6) is 1.24. The minimum atomic E-state index is -0.427. The number of fused-ring (bicyclic) bond motifs is 6. The number of allylic oxidation sites excluding steroid dienone is 2. The van der Waals surface area contributed by atoms with Crippen molar-refractivity contribution in [2.24, 2.45) is 0 Å². The summed E-state index contributed by atoms with van der Waals surface area (Å²) in [6.07, 6.45) is 0. The number of nitrogens with zero attached hydrogens (tertiary/aromatic N) is 7. The number of nitriles is 2. The van der Waals surface area contributed by atoms with Gasteiger partial charge in [-0.15, -0.1) is 0 Å². The molecule has 7 aromatic rings. The number of para-hydroxylation sites is 4. The molecule has 2 N–H and O–H groups in total. The van der Waals surface area contributed by atoms with Crippen molar-refractivity contribution < 1.29 is 0 Å². The maximum atomic E-state index is 10.7. The van der Waals surface area contributed by atoms with Crippen molar-refractivity contribution in [3.63, 3.8) is 0 Å². The molecule has 2 aliphatic rings. The molecule has 2 unspecified atom stereocenters. The molecule has 0 aliphatic carbocycles. The van der Waals surface area contributed by atoms with Crippen molar-refractivity contribution in [2.75, 3.05) is 10.6 Å². The third kappa shape index (κ3) is 4.12. The molecule has 0 bridgehead atoms. The van der Waals surface area contributed by atoms with Crippen LogP contribution in [-0.4, -0.2) is 24.1 Å². The van der Waals surface area contributed by atoms with Gasteiger partial charge in [-0.3, -0.25) is 9.13 Å². The number of nitrogens with one attached hydrogen (secondary N) is 2. The third-order valence-electron chi connectivity index (χ3n) is 9.00. The normalized spacial score (nSPS) is 16.9. The standard InChI is InChI=1S/C39H25N9/c40-22-26-34(45-38-43-28-16-7-9-20-32(28)47(38)36(26)24-12-3-1-4-13-24)30-18-11-19-31(42-30)35-27(23-41)37(25-14-5-2-6-15-25)48-33-21-10-8-17-29(33)44-39(48)46-35/h1-21,36-37H,(H,43,45)(H,44,46). The van der Waals surface area contributed by atoms with Gasteiger partial charge in [0.1, 0.15) is 0 Å². The van der Waals surface area contributed by atoms with Gasteiger partial charge in [0.05, 0.1) is 80.2 Å². The Morgan fingerprint density at radius 1 is 0.479 bits per heavy atom. The van der Waals surface area contributed by atoms with E-state index in [2.05, 4.69) is 31.9 Å².